The Bertz CT molecular complexity index is 512. The fourth-order valence-electron chi connectivity index (χ4n) is 2.99. The Balaban J connectivity index is 1.60. The summed E-state index contributed by atoms with van der Waals surface area (Å²) in [6.07, 6.45) is 5.02. The quantitative estimate of drug-likeness (QED) is 0.725. The summed E-state index contributed by atoms with van der Waals surface area (Å²) in [5.74, 6) is 0.677. The highest BCUT2D eigenvalue weighted by Crippen LogP contribution is 2.41. The number of hydrogen-bond donors (Lipinski definition) is 3. The highest BCUT2D eigenvalue weighted by Gasteiger charge is 2.35. The number of rotatable bonds is 7. The zero-order valence-electron chi connectivity index (χ0n) is 12.6. The van der Waals surface area contributed by atoms with Crippen molar-refractivity contribution in [2.24, 2.45) is 11.8 Å². The van der Waals surface area contributed by atoms with Gasteiger partial charge in [-0.1, -0.05) is 12.1 Å². The third-order valence-corrected chi connectivity index (χ3v) is 4.56. The van der Waals surface area contributed by atoms with E-state index in [2.05, 4.69) is 10.6 Å². The topological polar surface area (TPSA) is 61.4 Å². The lowest BCUT2D eigenvalue weighted by atomic mass is 10.0. The molecule has 2 aliphatic rings. The largest absolute Gasteiger partial charge is 0.396 e. The van der Waals surface area contributed by atoms with Gasteiger partial charge < -0.3 is 15.7 Å². The number of amides is 2. The molecule has 1 aromatic carbocycles. The molecule has 2 aliphatic carbocycles. The normalized spacial score (nSPS) is 20.3. The lowest BCUT2D eigenvalue weighted by Gasteiger charge is -2.22. The molecule has 0 saturated heterocycles. The van der Waals surface area contributed by atoms with Gasteiger partial charge in [-0.25, -0.2) is 9.18 Å². The van der Waals surface area contributed by atoms with Crippen molar-refractivity contribution in [3.63, 3.8) is 0 Å². The lowest BCUT2D eigenvalue weighted by molar-refractivity contribution is 0.220. The third-order valence-electron chi connectivity index (χ3n) is 4.56. The maximum atomic E-state index is 13.1. The number of carbonyl (C=O) groups is 1. The van der Waals surface area contributed by atoms with Crippen molar-refractivity contribution in [1.82, 2.24) is 10.6 Å². The van der Waals surface area contributed by atoms with Crippen LogP contribution in [0.1, 0.15) is 43.7 Å². The first-order valence-corrected chi connectivity index (χ1v) is 8.10. The Hall–Kier alpha value is -1.62. The molecule has 0 spiro atoms. The molecule has 1 aromatic rings. The van der Waals surface area contributed by atoms with Crippen molar-refractivity contribution >= 4 is 6.03 Å². The van der Waals surface area contributed by atoms with Gasteiger partial charge in [0.1, 0.15) is 5.82 Å². The predicted molar refractivity (Wildman–Crippen MR) is 81.7 cm³/mol. The Morgan fingerprint density at radius 3 is 2.32 bits per heavy atom. The van der Waals surface area contributed by atoms with E-state index in [0.717, 1.165) is 31.2 Å². The van der Waals surface area contributed by atoms with Crippen LogP contribution in [-0.4, -0.2) is 23.8 Å². The smallest absolute Gasteiger partial charge is 0.315 e. The van der Waals surface area contributed by atoms with Crippen LogP contribution in [0.15, 0.2) is 24.3 Å². The first kappa shape index (κ1) is 15.3. The summed E-state index contributed by atoms with van der Waals surface area (Å²) >= 11 is 0. The molecule has 120 valence electrons. The van der Waals surface area contributed by atoms with Crippen molar-refractivity contribution in [1.29, 1.82) is 0 Å². The second kappa shape index (κ2) is 6.65. The van der Waals surface area contributed by atoms with Crippen molar-refractivity contribution in [2.75, 3.05) is 6.61 Å². The monoisotopic (exact) mass is 306 g/mol. The molecule has 22 heavy (non-hydrogen) atoms. The van der Waals surface area contributed by atoms with E-state index in [9.17, 15) is 9.18 Å². The van der Waals surface area contributed by atoms with Crippen LogP contribution in [0.2, 0.25) is 0 Å². The van der Waals surface area contributed by atoms with Crippen molar-refractivity contribution in [3.05, 3.63) is 35.6 Å². The van der Waals surface area contributed by atoms with E-state index in [1.807, 2.05) is 0 Å². The predicted octanol–water partition coefficient (Wildman–Crippen LogP) is 2.74. The molecule has 0 aromatic heterocycles. The molecule has 0 bridgehead atoms. The maximum absolute atomic E-state index is 13.1. The summed E-state index contributed by atoms with van der Waals surface area (Å²) in [5, 5.41) is 15.1. The van der Waals surface area contributed by atoms with Gasteiger partial charge in [0.15, 0.2) is 0 Å². The standard InChI is InChI=1S/C17H23FN2O2/c18-14-7-5-13(6-8-14)16(12-3-4-12)20-17(22)19-15(9-10-21)11-1-2-11/h5-8,11-12,15-16,21H,1-4,9-10H2,(H2,19,20,22). The molecule has 4 nitrogen and oxygen atoms in total. The molecule has 3 N–H and O–H groups in total. The summed E-state index contributed by atoms with van der Waals surface area (Å²) in [4.78, 5) is 12.3. The number of aliphatic hydroxyl groups is 1. The molecular weight excluding hydrogens is 283 g/mol. The molecule has 5 heteroatoms. The number of aliphatic hydroxyl groups excluding tert-OH is 1. The van der Waals surface area contributed by atoms with Gasteiger partial charge >= 0.3 is 6.03 Å². The number of urea groups is 1. The SMILES string of the molecule is O=C(NC(CCO)C1CC1)NC(c1ccc(F)cc1)C1CC1. The van der Waals surface area contributed by atoms with Gasteiger partial charge in [0, 0.05) is 12.6 Å². The molecule has 2 saturated carbocycles. The van der Waals surface area contributed by atoms with E-state index >= 15 is 0 Å². The lowest BCUT2D eigenvalue weighted by Crippen LogP contribution is -2.45. The molecule has 0 heterocycles. The van der Waals surface area contributed by atoms with Gasteiger partial charge in [-0.05, 0) is 61.6 Å². The van der Waals surface area contributed by atoms with E-state index in [-0.39, 0.29) is 30.5 Å². The highest BCUT2D eigenvalue weighted by atomic mass is 19.1. The average Bonchev–Trinajstić information content (AvgIpc) is 3.39. The molecule has 2 amide bonds. The minimum absolute atomic E-state index is 0.0538. The molecule has 0 radical (unpaired) electrons. The van der Waals surface area contributed by atoms with E-state index < -0.39 is 0 Å². The second-order valence-corrected chi connectivity index (χ2v) is 6.44. The molecule has 2 unspecified atom stereocenters. The Labute approximate surface area is 130 Å². The summed E-state index contributed by atoms with van der Waals surface area (Å²) < 4.78 is 13.1. The van der Waals surface area contributed by atoms with Crippen LogP contribution in [-0.2, 0) is 0 Å². The molecular formula is C17H23FN2O2. The van der Waals surface area contributed by atoms with Gasteiger partial charge in [-0.2, -0.15) is 0 Å². The summed E-state index contributed by atoms with van der Waals surface area (Å²) in [5.41, 5.74) is 0.948. The first-order valence-electron chi connectivity index (χ1n) is 8.10. The number of carbonyl (C=O) groups excluding carboxylic acids is 1. The van der Waals surface area contributed by atoms with Gasteiger partial charge in [0.25, 0.3) is 0 Å². The van der Waals surface area contributed by atoms with E-state index in [1.165, 1.54) is 12.1 Å². The van der Waals surface area contributed by atoms with Crippen LogP contribution in [0.4, 0.5) is 9.18 Å². The Morgan fingerprint density at radius 1 is 1.14 bits per heavy atom. The summed E-state index contributed by atoms with van der Waals surface area (Å²) in [6.45, 7) is 0.0888. The van der Waals surface area contributed by atoms with Gasteiger partial charge in [0.05, 0.1) is 6.04 Å². The maximum Gasteiger partial charge on any atom is 0.315 e. The summed E-state index contributed by atoms with van der Waals surface area (Å²) in [6, 6.07) is 6.15. The highest BCUT2D eigenvalue weighted by molar-refractivity contribution is 5.75. The van der Waals surface area contributed by atoms with E-state index in [0.29, 0.717) is 18.3 Å². The fourth-order valence-corrected chi connectivity index (χ4v) is 2.99. The van der Waals surface area contributed by atoms with Gasteiger partial charge in [-0.3, -0.25) is 0 Å². The average molecular weight is 306 g/mol. The van der Waals surface area contributed by atoms with E-state index in [4.69, 9.17) is 5.11 Å². The Morgan fingerprint density at radius 2 is 1.77 bits per heavy atom. The number of hydrogen-bond acceptors (Lipinski definition) is 2. The minimum Gasteiger partial charge on any atom is -0.396 e. The second-order valence-electron chi connectivity index (χ2n) is 6.44. The zero-order chi connectivity index (χ0) is 15.5. The van der Waals surface area contributed by atoms with Crippen molar-refractivity contribution < 1.29 is 14.3 Å². The van der Waals surface area contributed by atoms with Crippen molar-refractivity contribution in [3.8, 4) is 0 Å². The van der Waals surface area contributed by atoms with Gasteiger partial charge in [0.2, 0.25) is 0 Å². The molecule has 3 rings (SSSR count). The van der Waals surface area contributed by atoms with Crippen LogP contribution in [0, 0.1) is 17.7 Å². The number of benzene rings is 1. The zero-order valence-corrected chi connectivity index (χ0v) is 12.6. The fraction of sp³-hybridized carbons (Fsp3) is 0.588. The third kappa shape index (κ3) is 3.97. The van der Waals surface area contributed by atoms with E-state index in [1.54, 1.807) is 12.1 Å². The van der Waals surface area contributed by atoms with Gasteiger partial charge in [-0.15, -0.1) is 0 Å². The Kier molecular flexibility index (Phi) is 4.62. The van der Waals surface area contributed by atoms with Crippen LogP contribution in [0.3, 0.4) is 0 Å². The van der Waals surface area contributed by atoms with Crippen LogP contribution in [0.25, 0.3) is 0 Å². The van der Waals surface area contributed by atoms with Crippen LogP contribution < -0.4 is 10.6 Å². The molecule has 0 aliphatic heterocycles. The van der Waals surface area contributed by atoms with Crippen LogP contribution in [0.5, 0.6) is 0 Å². The first-order chi connectivity index (χ1) is 10.7. The molecule has 2 fully saturated rings. The minimum atomic E-state index is -0.264. The number of nitrogens with one attached hydrogen (secondary N) is 2. The molecule has 2 atom stereocenters. The summed E-state index contributed by atoms with van der Waals surface area (Å²) in [7, 11) is 0. The van der Waals surface area contributed by atoms with Crippen LogP contribution >= 0.6 is 0 Å². The number of halogens is 1. The van der Waals surface area contributed by atoms with Crippen molar-refractivity contribution in [2.45, 2.75) is 44.2 Å².